The molecule has 0 fully saturated rings. The summed E-state index contributed by atoms with van der Waals surface area (Å²) in [7, 11) is 0. The molecule has 1 aliphatic heterocycles. The van der Waals surface area contributed by atoms with Crippen LogP contribution in [0.3, 0.4) is 0 Å². The van der Waals surface area contributed by atoms with Gasteiger partial charge in [-0.05, 0) is 24.6 Å². The highest BCUT2D eigenvalue weighted by molar-refractivity contribution is 7.09. The fourth-order valence-electron chi connectivity index (χ4n) is 3.07. The van der Waals surface area contributed by atoms with Crippen LogP contribution in [0, 0.1) is 6.92 Å². The van der Waals surface area contributed by atoms with Crippen molar-refractivity contribution < 1.29 is 9.59 Å². The molecule has 24 heavy (non-hydrogen) atoms. The van der Waals surface area contributed by atoms with Gasteiger partial charge in [0.15, 0.2) is 0 Å². The van der Waals surface area contributed by atoms with Crippen molar-refractivity contribution in [3.8, 4) is 0 Å². The molecule has 0 spiro atoms. The molecule has 118 valence electrons. The number of benzene rings is 2. The Morgan fingerprint density at radius 3 is 2.04 bits per heavy atom. The first-order chi connectivity index (χ1) is 11.7. The van der Waals surface area contributed by atoms with Crippen LogP contribution in [0.1, 0.15) is 42.9 Å². The number of imide groups is 1. The maximum atomic E-state index is 12.9. The van der Waals surface area contributed by atoms with E-state index in [-0.39, 0.29) is 11.8 Å². The summed E-state index contributed by atoms with van der Waals surface area (Å²) in [5, 5.41) is 0. The number of nitrogens with zero attached hydrogens (tertiary/aromatic N) is 2. The molecule has 4 rings (SSSR count). The Balaban J connectivity index is 1.89. The van der Waals surface area contributed by atoms with Gasteiger partial charge >= 0.3 is 0 Å². The Hall–Kier alpha value is -2.79. The van der Waals surface area contributed by atoms with Crippen LogP contribution in [0.5, 0.6) is 0 Å². The molecule has 4 nitrogen and oxygen atoms in total. The van der Waals surface area contributed by atoms with E-state index in [4.69, 9.17) is 0 Å². The predicted molar refractivity (Wildman–Crippen MR) is 92.1 cm³/mol. The van der Waals surface area contributed by atoms with Gasteiger partial charge in [0, 0.05) is 0 Å². The Kier molecular flexibility index (Phi) is 3.50. The molecule has 0 radical (unpaired) electrons. The van der Waals surface area contributed by atoms with E-state index < -0.39 is 6.04 Å². The van der Waals surface area contributed by atoms with Gasteiger partial charge in [0.2, 0.25) is 0 Å². The number of hydrogen-bond donors (Lipinski definition) is 0. The number of hydrogen-bond acceptors (Lipinski definition) is 4. The monoisotopic (exact) mass is 334 g/mol. The van der Waals surface area contributed by atoms with Gasteiger partial charge in [-0.3, -0.25) is 14.5 Å². The summed E-state index contributed by atoms with van der Waals surface area (Å²) in [6.45, 7) is 1.90. The number of thiazole rings is 1. The molecule has 1 aliphatic rings. The van der Waals surface area contributed by atoms with Crippen LogP contribution in [-0.2, 0) is 0 Å². The van der Waals surface area contributed by atoms with Crippen LogP contribution in [0.4, 0.5) is 0 Å². The van der Waals surface area contributed by atoms with E-state index >= 15 is 0 Å². The summed E-state index contributed by atoms with van der Waals surface area (Å²) in [6, 6.07) is 16.1. The van der Waals surface area contributed by atoms with E-state index in [1.165, 1.54) is 16.2 Å². The topological polar surface area (TPSA) is 50.3 Å². The van der Waals surface area contributed by atoms with Gasteiger partial charge in [-0.2, -0.15) is 0 Å². The summed E-state index contributed by atoms with van der Waals surface area (Å²) in [6.07, 6.45) is 0. The fraction of sp³-hybridized carbons (Fsp3) is 0.105. The van der Waals surface area contributed by atoms with Crippen LogP contribution in [0.15, 0.2) is 60.1 Å². The molecule has 0 bridgehead atoms. The van der Waals surface area contributed by atoms with Crippen LogP contribution in [0.25, 0.3) is 0 Å². The van der Waals surface area contributed by atoms with Crippen molar-refractivity contribution in [1.29, 1.82) is 0 Å². The van der Waals surface area contributed by atoms with Gasteiger partial charge in [0.05, 0.1) is 27.2 Å². The largest absolute Gasteiger partial charge is 0.269 e. The highest BCUT2D eigenvalue weighted by atomic mass is 32.1. The molecule has 3 aromatic rings. The van der Waals surface area contributed by atoms with Gasteiger partial charge in [-0.15, -0.1) is 11.3 Å². The number of rotatable bonds is 3. The second-order valence-electron chi connectivity index (χ2n) is 5.64. The van der Waals surface area contributed by atoms with E-state index in [0.29, 0.717) is 11.1 Å². The van der Waals surface area contributed by atoms with Crippen molar-refractivity contribution >= 4 is 23.2 Å². The van der Waals surface area contributed by atoms with Crippen molar-refractivity contribution in [2.45, 2.75) is 13.0 Å². The average Bonchev–Trinajstić information content (AvgIpc) is 3.14. The molecule has 5 heteroatoms. The van der Waals surface area contributed by atoms with E-state index in [1.807, 2.05) is 37.3 Å². The normalized spacial score (nSPS) is 14.8. The summed E-state index contributed by atoms with van der Waals surface area (Å²) >= 11 is 1.46. The first-order valence-electron chi connectivity index (χ1n) is 7.60. The minimum atomic E-state index is -0.453. The van der Waals surface area contributed by atoms with E-state index in [1.54, 1.807) is 29.8 Å². The second-order valence-corrected chi connectivity index (χ2v) is 6.53. The van der Waals surface area contributed by atoms with Crippen molar-refractivity contribution in [1.82, 2.24) is 9.88 Å². The Morgan fingerprint density at radius 2 is 1.50 bits per heavy atom. The summed E-state index contributed by atoms with van der Waals surface area (Å²) in [5.41, 5.74) is 4.42. The van der Waals surface area contributed by atoms with Crippen molar-refractivity contribution in [2.75, 3.05) is 0 Å². The molecule has 1 unspecified atom stereocenters. The molecular weight excluding hydrogens is 320 g/mol. The fourth-order valence-corrected chi connectivity index (χ4v) is 3.99. The van der Waals surface area contributed by atoms with Crippen LogP contribution in [-0.4, -0.2) is 21.7 Å². The van der Waals surface area contributed by atoms with Crippen molar-refractivity contribution in [3.05, 3.63) is 87.4 Å². The third-order valence-corrected chi connectivity index (χ3v) is 5.21. The zero-order chi connectivity index (χ0) is 16.7. The lowest BCUT2D eigenvalue weighted by molar-refractivity contribution is 0.0610. The number of carbonyl (C=O) groups is 2. The van der Waals surface area contributed by atoms with Gasteiger partial charge in [0.1, 0.15) is 6.04 Å². The molecule has 0 N–H and O–H groups in total. The number of aryl methyl sites for hydroxylation is 1. The number of fused-ring (bicyclic) bond motifs is 1. The molecule has 1 atom stereocenters. The zero-order valence-electron chi connectivity index (χ0n) is 13.0. The average molecular weight is 334 g/mol. The van der Waals surface area contributed by atoms with Gasteiger partial charge in [-0.25, -0.2) is 4.98 Å². The highest BCUT2D eigenvalue weighted by Crippen LogP contribution is 2.38. The maximum absolute atomic E-state index is 12.9. The molecule has 2 aromatic carbocycles. The lowest BCUT2D eigenvalue weighted by Gasteiger charge is -2.26. The third kappa shape index (κ3) is 2.17. The Labute approximate surface area is 143 Å². The van der Waals surface area contributed by atoms with Crippen LogP contribution in [0.2, 0.25) is 0 Å². The van der Waals surface area contributed by atoms with Crippen molar-refractivity contribution in [2.24, 2.45) is 0 Å². The summed E-state index contributed by atoms with van der Waals surface area (Å²) in [4.78, 5) is 32.4. The number of amides is 2. The van der Waals surface area contributed by atoms with Gasteiger partial charge in [0.25, 0.3) is 11.8 Å². The Bertz CT molecular complexity index is 898. The third-order valence-electron chi connectivity index (χ3n) is 4.23. The van der Waals surface area contributed by atoms with Crippen molar-refractivity contribution in [3.63, 3.8) is 0 Å². The van der Waals surface area contributed by atoms with Crippen LogP contribution >= 0.6 is 11.3 Å². The SMILES string of the molecule is Cc1ncsc1C(c1ccccc1)N1C(=O)c2ccccc2C1=O. The highest BCUT2D eigenvalue weighted by Gasteiger charge is 2.41. The maximum Gasteiger partial charge on any atom is 0.262 e. The Morgan fingerprint density at radius 1 is 0.917 bits per heavy atom. The quantitative estimate of drug-likeness (QED) is 0.684. The standard InChI is InChI=1S/C19H14N2O2S/c1-12-17(24-11-20-12)16(13-7-3-2-4-8-13)21-18(22)14-9-5-6-10-15(14)19(21)23/h2-11,16H,1H3. The first kappa shape index (κ1) is 14.8. The molecule has 0 saturated heterocycles. The molecule has 0 saturated carbocycles. The molecule has 2 amide bonds. The number of carbonyl (C=O) groups excluding carboxylic acids is 2. The summed E-state index contributed by atoms with van der Waals surface area (Å²) < 4.78 is 0. The first-order valence-corrected chi connectivity index (χ1v) is 8.48. The second kappa shape index (κ2) is 5.69. The molecule has 2 heterocycles. The molecule has 0 aliphatic carbocycles. The van der Waals surface area contributed by atoms with Crippen LogP contribution < -0.4 is 0 Å². The number of aromatic nitrogens is 1. The minimum Gasteiger partial charge on any atom is -0.269 e. The van der Waals surface area contributed by atoms with E-state index in [9.17, 15) is 9.59 Å². The predicted octanol–water partition coefficient (Wildman–Crippen LogP) is 3.84. The molecular formula is C19H14N2O2S. The van der Waals surface area contributed by atoms with Gasteiger partial charge in [-0.1, -0.05) is 42.5 Å². The van der Waals surface area contributed by atoms with E-state index in [0.717, 1.165) is 16.1 Å². The molecule has 1 aromatic heterocycles. The van der Waals surface area contributed by atoms with Gasteiger partial charge < -0.3 is 0 Å². The smallest absolute Gasteiger partial charge is 0.262 e. The lowest BCUT2D eigenvalue weighted by Crippen LogP contribution is -2.34. The lowest BCUT2D eigenvalue weighted by atomic mass is 10.0. The zero-order valence-corrected chi connectivity index (χ0v) is 13.8. The minimum absolute atomic E-state index is 0.253. The summed E-state index contributed by atoms with van der Waals surface area (Å²) in [5.74, 6) is -0.505. The van der Waals surface area contributed by atoms with E-state index in [2.05, 4.69) is 4.98 Å².